The lowest BCUT2D eigenvalue weighted by Crippen LogP contribution is -2.48. The molecule has 0 saturated carbocycles. The summed E-state index contributed by atoms with van der Waals surface area (Å²) in [6.07, 6.45) is -0.286. The van der Waals surface area contributed by atoms with Crippen LogP contribution in [-0.2, 0) is 16.1 Å². The van der Waals surface area contributed by atoms with Gasteiger partial charge in [-0.1, -0.05) is 30.3 Å². The van der Waals surface area contributed by atoms with Gasteiger partial charge in [0, 0.05) is 38.3 Å². The van der Waals surface area contributed by atoms with Crippen LogP contribution < -0.4 is 0 Å². The number of hydrogen-bond donors (Lipinski definition) is 0. The minimum Gasteiger partial charge on any atom is -0.453 e. The maximum absolute atomic E-state index is 12.7. The summed E-state index contributed by atoms with van der Waals surface area (Å²) in [6, 6.07) is 17.0. The molecule has 0 N–H and O–H groups in total. The number of ether oxygens (including phenoxy) is 1. The van der Waals surface area contributed by atoms with Crippen molar-refractivity contribution in [1.82, 2.24) is 9.80 Å². The molecule has 2 aromatic carbocycles. The number of piperazine rings is 1. The van der Waals surface area contributed by atoms with Crippen molar-refractivity contribution in [2.24, 2.45) is 0 Å². The van der Waals surface area contributed by atoms with E-state index >= 15 is 0 Å². The SMILES string of the molecule is N#Cc1ccc(CN2CCN(C(=O)CC3OC(=O)c4ccccc43)CC2)cc1. The first kappa shape index (κ1) is 18.2. The zero-order valence-electron chi connectivity index (χ0n) is 15.5. The lowest BCUT2D eigenvalue weighted by molar-refractivity contribution is -0.135. The molecule has 2 aliphatic heterocycles. The van der Waals surface area contributed by atoms with Crippen molar-refractivity contribution < 1.29 is 14.3 Å². The number of esters is 1. The van der Waals surface area contributed by atoms with E-state index in [1.165, 1.54) is 0 Å². The minimum absolute atomic E-state index is 0.0209. The molecule has 0 aromatic heterocycles. The molecule has 2 heterocycles. The van der Waals surface area contributed by atoms with Gasteiger partial charge in [-0.3, -0.25) is 9.69 Å². The third-order valence-electron chi connectivity index (χ3n) is 5.35. The highest BCUT2D eigenvalue weighted by Gasteiger charge is 2.33. The highest BCUT2D eigenvalue weighted by atomic mass is 16.5. The summed E-state index contributed by atoms with van der Waals surface area (Å²) in [5.74, 6) is -0.326. The fourth-order valence-corrected chi connectivity index (χ4v) is 3.76. The maximum atomic E-state index is 12.7. The second-order valence-corrected chi connectivity index (χ2v) is 7.15. The summed E-state index contributed by atoms with van der Waals surface area (Å²) < 4.78 is 5.39. The Labute approximate surface area is 163 Å². The Kier molecular flexibility index (Phi) is 5.09. The molecule has 1 fully saturated rings. The van der Waals surface area contributed by atoms with E-state index in [0.717, 1.165) is 30.8 Å². The molecule has 28 heavy (non-hydrogen) atoms. The van der Waals surface area contributed by atoms with E-state index in [1.54, 1.807) is 12.1 Å². The first-order valence-corrected chi connectivity index (χ1v) is 9.43. The van der Waals surface area contributed by atoms with Crippen LogP contribution in [0.4, 0.5) is 0 Å². The molecule has 142 valence electrons. The number of hydrogen-bond acceptors (Lipinski definition) is 5. The first-order valence-electron chi connectivity index (χ1n) is 9.43. The third kappa shape index (κ3) is 3.75. The van der Waals surface area contributed by atoms with Gasteiger partial charge < -0.3 is 9.64 Å². The Morgan fingerprint density at radius 3 is 2.50 bits per heavy atom. The van der Waals surface area contributed by atoms with Gasteiger partial charge in [-0.05, 0) is 23.8 Å². The van der Waals surface area contributed by atoms with Crippen LogP contribution in [0.5, 0.6) is 0 Å². The monoisotopic (exact) mass is 375 g/mol. The standard InChI is InChI=1S/C22H21N3O3/c23-14-16-5-7-17(8-6-16)15-24-9-11-25(12-10-24)21(26)13-20-18-3-1-2-4-19(18)22(27)28-20/h1-8,20H,9-13,15H2. The summed E-state index contributed by atoms with van der Waals surface area (Å²) in [5.41, 5.74) is 3.19. The average Bonchev–Trinajstić information content (AvgIpc) is 3.05. The van der Waals surface area contributed by atoms with E-state index in [-0.39, 0.29) is 18.3 Å². The van der Waals surface area contributed by atoms with Gasteiger partial charge in [-0.2, -0.15) is 5.26 Å². The molecule has 0 aliphatic carbocycles. The molecule has 1 saturated heterocycles. The van der Waals surface area contributed by atoms with Crippen LogP contribution in [0.1, 0.15) is 39.6 Å². The quantitative estimate of drug-likeness (QED) is 0.768. The number of nitriles is 1. The van der Waals surface area contributed by atoms with Gasteiger partial charge >= 0.3 is 5.97 Å². The van der Waals surface area contributed by atoms with Crippen molar-refractivity contribution in [3.63, 3.8) is 0 Å². The number of nitrogens with zero attached hydrogens (tertiary/aromatic N) is 3. The van der Waals surface area contributed by atoms with Gasteiger partial charge in [0.15, 0.2) is 0 Å². The van der Waals surface area contributed by atoms with E-state index in [9.17, 15) is 9.59 Å². The van der Waals surface area contributed by atoms with E-state index in [2.05, 4.69) is 11.0 Å². The van der Waals surface area contributed by atoms with Gasteiger partial charge in [-0.25, -0.2) is 4.79 Å². The minimum atomic E-state index is -0.479. The van der Waals surface area contributed by atoms with E-state index in [4.69, 9.17) is 10.00 Å². The second kappa shape index (κ2) is 7.83. The van der Waals surface area contributed by atoms with Gasteiger partial charge in [0.25, 0.3) is 0 Å². The fourth-order valence-electron chi connectivity index (χ4n) is 3.76. The molecular weight excluding hydrogens is 354 g/mol. The van der Waals surface area contributed by atoms with Gasteiger partial charge in [0.2, 0.25) is 5.91 Å². The highest BCUT2D eigenvalue weighted by Crippen LogP contribution is 2.33. The number of benzene rings is 2. The first-order chi connectivity index (χ1) is 13.6. The second-order valence-electron chi connectivity index (χ2n) is 7.15. The summed E-state index contributed by atoms with van der Waals surface area (Å²) in [4.78, 5) is 28.8. The van der Waals surface area contributed by atoms with Crippen molar-refractivity contribution in [3.8, 4) is 6.07 Å². The van der Waals surface area contributed by atoms with Crippen LogP contribution in [0.15, 0.2) is 48.5 Å². The largest absolute Gasteiger partial charge is 0.453 e. The number of carbonyl (C=O) groups is 2. The lowest BCUT2D eigenvalue weighted by atomic mass is 10.0. The molecule has 2 aromatic rings. The van der Waals surface area contributed by atoms with Gasteiger partial charge in [0.1, 0.15) is 6.10 Å². The van der Waals surface area contributed by atoms with Crippen LogP contribution in [0.25, 0.3) is 0 Å². The van der Waals surface area contributed by atoms with Crippen LogP contribution >= 0.6 is 0 Å². The molecule has 1 atom stereocenters. The fraction of sp³-hybridized carbons (Fsp3) is 0.318. The number of cyclic esters (lactones) is 1. The molecule has 0 radical (unpaired) electrons. The Morgan fingerprint density at radius 2 is 1.79 bits per heavy atom. The number of carbonyl (C=O) groups excluding carboxylic acids is 2. The molecular formula is C22H21N3O3. The molecule has 1 amide bonds. The van der Waals surface area contributed by atoms with Crippen LogP contribution in [0, 0.1) is 11.3 Å². The van der Waals surface area contributed by atoms with E-state index < -0.39 is 6.10 Å². The van der Waals surface area contributed by atoms with E-state index in [1.807, 2.05) is 41.3 Å². The third-order valence-corrected chi connectivity index (χ3v) is 5.35. The summed E-state index contributed by atoms with van der Waals surface area (Å²) in [6.45, 7) is 3.73. The summed E-state index contributed by atoms with van der Waals surface area (Å²) >= 11 is 0. The molecule has 1 unspecified atom stereocenters. The number of rotatable bonds is 4. The topological polar surface area (TPSA) is 73.6 Å². The van der Waals surface area contributed by atoms with Gasteiger partial charge in [-0.15, -0.1) is 0 Å². The molecule has 6 nitrogen and oxygen atoms in total. The molecule has 0 bridgehead atoms. The summed E-state index contributed by atoms with van der Waals surface area (Å²) in [7, 11) is 0. The Bertz CT molecular complexity index is 925. The zero-order valence-corrected chi connectivity index (χ0v) is 15.5. The zero-order chi connectivity index (χ0) is 19.5. The predicted octanol–water partition coefficient (Wildman–Crippen LogP) is 2.50. The number of amides is 1. The van der Waals surface area contributed by atoms with Crippen LogP contribution in [-0.4, -0.2) is 47.9 Å². The molecule has 0 spiro atoms. The van der Waals surface area contributed by atoms with Crippen LogP contribution in [0.2, 0.25) is 0 Å². The van der Waals surface area contributed by atoms with Crippen molar-refractivity contribution in [1.29, 1.82) is 5.26 Å². The smallest absolute Gasteiger partial charge is 0.339 e. The van der Waals surface area contributed by atoms with Crippen molar-refractivity contribution in [2.75, 3.05) is 26.2 Å². The van der Waals surface area contributed by atoms with Crippen molar-refractivity contribution in [2.45, 2.75) is 19.1 Å². The Hall–Kier alpha value is -3.17. The van der Waals surface area contributed by atoms with Crippen molar-refractivity contribution in [3.05, 3.63) is 70.8 Å². The molecule has 6 heteroatoms. The average molecular weight is 375 g/mol. The van der Waals surface area contributed by atoms with Crippen molar-refractivity contribution >= 4 is 11.9 Å². The highest BCUT2D eigenvalue weighted by molar-refractivity contribution is 5.94. The molecule has 2 aliphatic rings. The number of fused-ring (bicyclic) bond motifs is 1. The van der Waals surface area contributed by atoms with Gasteiger partial charge in [0.05, 0.1) is 23.6 Å². The lowest BCUT2D eigenvalue weighted by Gasteiger charge is -2.35. The Morgan fingerprint density at radius 1 is 1.07 bits per heavy atom. The predicted molar refractivity (Wildman–Crippen MR) is 102 cm³/mol. The summed E-state index contributed by atoms with van der Waals surface area (Å²) in [5, 5.41) is 8.88. The normalized spacial score (nSPS) is 19.0. The molecule has 4 rings (SSSR count). The van der Waals surface area contributed by atoms with Crippen LogP contribution in [0.3, 0.4) is 0 Å². The maximum Gasteiger partial charge on any atom is 0.339 e. The van der Waals surface area contributed by atoms with E-state index in [0.29, 0.717) is 24.2 Å². The Balaban J connectivity index is 1.30.